The summed E-state index contributed by atoms with van der Waals surface area (Å²) in [6, 6.07) is 41.1. The van der Waals surface area contributed by atoms with Gasteiger partial charge in [-0.1, -0.05) is 87.3 Å². The molecule has 11 rings (SSSR count). The highest BCUT2D eigenvalue weighted by atomic mass is 35.5. The maximum Gasteiger partial charge on any atom is 0.320 e. The van der Waals surface area contributed by atoms with Gasteiger partial charge in [0.2, 0.25) is 11.8 Å². The molecule has 2 saturated heterocycles. The lowest BCUT2D eigenvalue weighted by Gasteiger charge is -2.34. The Labute approximate surface area is 695 Å². The van der Waals surface area contributed by atoms with E-state index in [1.165, 1.54) is 40.9 Å². The Morgan fingerprint density at radius 2 is 1.01 bits per heavy atom. The number of aromatic nitrogens is 4. The van der Waals surface area contributed by atoms with Gasteiger partial charge in [-0.3, -0.25) is 24.0 Å². The molecular weight excluding hydrogens is 1590 g/mol. The summed E-state index contributed by atoms with van der Waals surface area (Å²) in [6.45, 7) is 20.2. The van der Waals surface area contributed by atoms with Crippen LogP contribution in [0.2, 0.25) is 35.3 Å². The SMILES string of the molecule is CNc1cc(C)cc(Cl)c1.Cc1cc(Cl)cc(CC(=O)OC(C)(C)C)c1.Cc1cc(Cl)cc(N(C)C(=O)C[C@@H]2CCCN(c3cnc(C#N)c(Cl)n3)C2)c1.Cc1cc(Cl)cc(N(C)C(=O)C[C@@H]2CCCN(c3cnc(C(N)=O)c(Nc4ccc(F)cc4)n3)C2)c1.Cc1cc(Cl)cc(N(C)C(=O)Cl)c1.Cc1cc(N)cc(Cl)c1. The van der Waals surface area contributed by atoms with Gasteiger partial charge in [0.05, 0.1) is 18.8 Å². The van der Waals surface area contributed by atoms with Crippen molar-refractivity contribution in [3.8, 4) is 6.07 Å². The number of esters is 1. The Morgan fingerprint density at radius 3 is 1.42 bits per heavy atom. The first-order valence-corrected chi connectivity index (χ1v) is 38.6. The number of hydrogen-bond acceptors (Lipinski definition) is 16. The lowest BCUT2D eigenvalue weighted by molar-refractivity contribution is -0.154. The molecule has 4 heterocycles. The predicted octanol–water partition coefficient (Wildman–Crippen LogP) is 20.8. The van der Waals surface area contributed by atoms with Gasteiger partial charge >= 0.3 is 11.3 Å². The van der Waals surface area contributed by atoms with E-state index in [9.17, 15) is 28.4 Å². The van der Waals surface area contributed by atoms with Crippen LogP contribution in [0.5, 0.6) is 0 Å². The number of rotatable bonds is 15. The van der Waals surface area contributed by atoms with E-state index in [0.717, 1.165) is 99.9 Å². The van der Waals surface area contributed by atoms with Gasteiger partial charge in [0.25, 0.3) is 5.91 Å². The van der Waals surface area contributed by atoms with Gasteiger partial charge in [0, 0.05) is 131 Å². The molecular formula is C83H93Cl8FN14O6. The maximum atomic E-state index is 13.3. The van der Waals surface area contributed by atoms with E-state index in [1.54, 1.807) is 67.5 Å². The lowest BCUT2D eigenvalue weighted by Crippen LogP contribution is -2.39. The van der Waals surface area contributed by atoms with Gasteiger partial charge < -0.3 is 51.3 Å². The minimum absolute atomic E-state index is 0.00903. The Morgan fingerprint density at radius 1 is 0.580 bits per heavy atom. The minimum atomic E-state index is -0.722. The van der Waals surface area contributed by atoms with E-state index in [2.05, 4.69) is 40.4 Å². The molecule has 2 aromatic heterocycles. The predicted molar refractivity (Wildman–Crippen MR) is 458 cm³/mol. The largest absolute Gasteiger partial charge is 0.460 e. The molecule has 2 aliphatic heterocycles. The highest BCUT2D eigenvalue weighted by Crippen LogP contribution is 2.32. The molecule has 0 radical (unpaired) electrons. The van der Waals surface area contributed by atoms with Crippen LogP contribution in [0.25, 0.3) is 0 Å². The first kappa shape index (κ1) is 91.7. The Hall–Kier alpha value is -9.21. The topological polar surface area (TPSA) is 262 Å². The van der Waals surface area contributed by atoms with Crippen molar-refractivity contribution in [3.05, 3.63) is 237 Å². The van der Waals surface area contributed by atoms with Gasteiger partial charge in [0.15, 0.2) is 22.4 Å². The van der Waals surface area contributed by atoms with Crippen LogP contribution in [-0.4, -0.2) is 109 Å². The number of nitrogen functional groups attached to an aromatic ring is 1. The summed E-state index contributed by atoms with van der Waals surface area (Å²) < 4.78 is 18.5. The molecule has 6 N–H and O–H groups in total. The van der Waals surface area contributed by atoms with E-state index in [-0.39, 0.29) is 64.2 Å². The van der Waals surface area contributed by atoms with Crippen LogP contribution < -0.4 is 46.6 Å². The third-order valence-electron chi connectivity index (χ3n) is 17.1. The second-order valence-electron chi connectivity index (χ2n) is 28.1. The fraction of sp³-hybridized carbons (Fsp3) is 0.325. The van der Waals surface area contributed by atoms with Crippen LogP contribution >= 0.6 is 92.8 Å². The van der Waals surface area contributed by atoms with E-state index in [4.69, 9.17) is 114 Å². The lowest BCUT2D eigenvalue weighted by atomic mass is 9.94. The summed E-state index contributed by atoms with van der Waals surface area (Å²) in [6.07, 6.45) is 7.90. The second kappa shape index (κ2) is 43.7. The molecule has 0 unspecified atom stereocenters. The number of ether oxygens (including phenoxy) is 1. The van der Waals surface area contributed by atoms with Crippen LogP contribution in [0.3, 0.4) is 0 Å². The quantitative estimate of drug-likeness (QED) is 0.0322. The van der Waals surface area contributed by atoms with Crippen molar-refractivity contribution < 1.29 is 33.1 Å². The number of nitrogens with one attached hydrogen (secondary N) is 2. The number of aryl methyl sites for hydroxylation is 6. The van der Waals surface area contributed by atoms with Crippen molar-refractivity contribution in [3.63, 3.8) is 0 Å². The molecule has 7 aromatic carbocycles. The van der Waals surface area contributed by atoms with Crippen LogP contribution in [0.4, 0.5) is 60.8 Å². The number of nitrogens with two attached hydrogens (primary N) is 2. The Bertz CT molecular complexity index is 4650. The van der Waals surface area contributed by atoms with E-state index < -0.39 is 16.9 Å². The number of carbonyl (C=O) groups is 5. The number of hydrogen-bond donors (Lipinski definition) is 4. The molecule has 4 amide bonds. The number of benzene rings is 7. The Balaban J connectivity index is 0.000000226. The molecule has 594 valence electrons. The number of primary amides is 1. The molecule has 112 heavy (non-hydrogen) atoms. The summed E-state index contributed by atoms with van der Waals surface area (Å²) in [5, 5.41) is 18.5. The monoisotopic (exact) mass is 1680 g/mol. The highest BCUT2D eigenvalue weighted by Gasteiger charge is 2.29. The maximum absolute atomic E-state index is 13.3. The zero-order chi connectivity index (χ0) is 82.8. The zero-order valence-electron chi connectivity index (χ0n) is 64.8. The molecule has 2 aliphatic rings. The van der Waals surface area contributed by atoms with Gasteiger partial charge in [0.1, 0.15) is 29.1 Å². The summed E-state index contributed by atoms with van der Waals surface area (Å²) in [4.78, 5) is 86.1. The number of piperidine rings is 2. The number of carbonyl (C=O) groups excluding carboxylic acids is 5. The third-order valence-corrected chi connectivity index (χ3v) is 18.9. The molecule has 0 saturated carbocycles. The summed E-state index contributed by atoms with van der Waals surface area (Å²) in [5.41, 5.74) is 22.4. The van der Waals surface area contributed by atoms with E-state index >= 15 is 0 Å². The Kier molecular flexibility index (Phi) is 35.8. The molecule has 20 nitrogen and oxygen atoms in total. The third kappa shape index (κ3) is 31.0. The van der Waals surface area contributed by atoms with Crippen LogP contribution in [0, 0.1) is 70.5 Å². The van der Waals surface area contributed by atoms with Crippen molar-refractivity contribution in [2.75, 3.05) is 95.2 Å². The number of amides is 4. The van der Waals surface area contributed by atoms with E-state index in [0.29, 0.717) is 74.1 Å². The number of anilines is 9. The average Bonchev–Trinajstić information content (AvgIpc) is 0.835. The number of nitrogens with zero attached hydrogens (tertiary/aromatic N) is 10. The first-order chi connectivity index (χ1) is 52.7. The van der Waals surface area contributed by atoms with Crippen molar-refractivity contribution in [1.29, 1.82) is 5.26 Å². The first-order valence-electron chi connectivity index (χ1n) is 35.6. The fourth-order valence-electron chi connectivity index (χ4n) is 11.9. The van der Waals surface area contributed by atoms with Crippen LogP contribution in [0.15, 0.2) is 146 Å². The van der Waals surface area contributed by atoms with Gasteiger partial charge in [-0.25, -0.2) is 24.3 Å². The van der Waals surface area contributed by atoms with Gasteiger partial charge in [-0.15, -0.1) is 0 Å². The van der Waals surface area contributed by atoms with Crippen LogP contribution in [-0.2, 0) is 25.5 Å². The summed E-state index contributed by atoms with van der Waals surface area (Å²) in [5.74, 6) is 0.478. The summed E-state index contributed by atoms with van der Waals surface area (Å²) >= 11 is 46.8. The molecule has 9 aromatic rings. The van der Waals surface area contributed by atoms with Crippen molar-refractivity contribution >= 4 is 173 Å². The number of nitriles is 1. The van der Waals surface area contributed by atoms with Gasteiger partial charge in [-0.2, -0.15) is 5.26 Å². The smallest absolute Gasteiger partial charge is 0.320 e. The minimum Gasteiger partial charge on any atom is -0.460 e. The average molecular weight is 1690 g/mol. The number of halogens is 9. The zero-order valence-corrected chi connectivity index (χ0v) is 70.8. The standard InChI is InChI=1S/C26H28ClFN6O2.C20H21Cl2N5O.C13H17ClO2.C9H9Cl2NO.C8H10ClN.C7H8ClN/c1-16-10-18(27)13-21(11-16)33(2)23(35)12-17-4-3-9-34(15-17)22-14-30-24(25(29)36)26(32-22)31-20-7-5-19(28)6-8-20;1-13-6-15(21)9-16(7-13)26(2)19(28)8-14-4-3-5-27(12-14)18-11-24-17(10-23)20(22)25-18;1-9-5-10(7-11(14)6-9)8-12(15)16-13(2,3)4;1-6-3-7(10)5-8(4-6)12(2)9(11)13;1-6-3-7(9)5-8(4-6)10-2;1-5-2-6(8)4-7(9)3-5/h5-8,10-11,13-14,17H,3-4,9,12,15H2,1-2H3,(H2,29,36)(H,31,32);6-7,9,11,14H,3-5,8,12H2,1-2H3;5-7H,8H2,1-4H3;3-5H,1-2H3;3-5,10H,1-2H3;2-4H,9H2,1H3/t17-;14-;;;;/m00..../s1. The van der Waals surface area contributed by atoms with Crippen molar-refractivity contribution in [2.24, 2.45) is 17.6 Å². The van der Waals surface area contributed by atoms with Crippen molar-refractivity contribution in [1.82, 2.24) is 19.9 Å². The molecule has 29 heteroatoms. The van der Waals surface area contributed by atoms with Crippen LogP contribution in [0.1, 0.15) is 114 Å². The fourth-order valence-corrected chi connectivity index (χ4v) is 14.0. The van der Waals surface area contributed by atoms with E-state index in [1.807, 2.05) is 154 Å². The molecule has 2 atom stereocenters. The molecule has 0 spiro atoms. The van der Waals surface area contributed by atoms with Gasteiger partial charge in [-0.05, 0) is 278 Å². The highest BCUT2D eigenvalue weighted by molar-refractivity contribution is 6.66. The summed E-state index contributed by atoms with van der Waals surface area (Å²) in [7, 11) is 7.01. The second-order valence-corrected chi connectivity index (χ2v) is 31.4. The molecule has 0 aliphatic carbocycles. The molecule has 0 bridgehead atoms. The van der Waals surface area contributed by atoms with Crippen molar-refractivity contribution in [2.45, 2.75) is 113 Å². The molecule has 2 fully saturated rings. The normalized spacial score (nSPS) is 13.5.